The van der Waals surface area contributed by atoms with Gasteiger partial charge in [0.1, 0.15) is 0 Å². The van der Waals surface area contributed by atoms with Crippen molar-refractivity contribution in [2.24, 2.45) is 5.92 Å². The molecule has 25 heavy (non-hydrogen) atoms. The Bertz CT molecular complexity index is 614. The number of hydrogen-bond donors (Lipinski definition) is 2. The molecule has 0 unspecified atom stereocenters. The van der Waals surface area contributed by atoms with Crippen molar-refractivity contribution >= 4 is 17.5 Å². The Hall–Kier alpha value is -1.92. The van der Waals surface area contributed by atoms with Crippen molar-refractivity contribution in [1.82, 2.24) is 10.2 Å². The van der Waals surface area contributed by atoms with E-state index in [1.165, 1.54) is 0 Å². The fourth-order valence-corrected chi connectivity index (χ4v) is 3.52. The van der Waals surface area contributed by atoms with Crippen molar-refractivity contribution in [3.05, 3.63) is 29.8 Å². The van der Waals surface area contributed by atoms with E-state index >= 15 is 0 Å². The van der Waals surface area contributed by atoms with E-state index in [1.807, 2.05) is 31.2 Å². The van der Waals surface area contributed by atoms with Gasteiger partial charge in [-0.05, 0) is 31.4 Å². The monoisotopic (exact) mass is 345 g/mol. The fraction of sp³-hybridized carbons (Fsp3) is 0.579. The molecule has 1 saturated heterocycles. The minimum atomic E-state index is -0.129. The second kappa shape index (κ2) is 8.45. The van der Waals surface area contributed by atoms with Crippen LogP contribution in [0.15, 0.2) is 24.3 Å². The molecule has 0 aliphatic carbocycles. The highest BCUT2D eigenvalue weighted by Crippen LogP contribution is 2.27. The Morgan fingerprint density at radius 1 is 1.36 bits per heavy atom. The Morgan fingerprint density at radius 3 is 2.92 bits per heavy atom. The maximum Gasteiger partial charge on any atom is 0.227 e. The molecule has 0 radical (unpaired) electrons. The van der Waals surface area contributed by atoms with Gasteiger partial charge < -0.3 is 15.4 Å². The smallest absolute Gasteiger partial charge is 0.227 e. The molecule has 0 bridgehead atoms. The molecule has 2 heterocycles. The number of anilines is 1. The van der Waals surface area contributed by atoms with Crippen molar-refractivity contribution < 1.29 is 14.3 Å². The first-order valence-corrected chi connectivity index (χ1v) is 9.10. The minimum absolute atomic E-state index is 0.0208. The van der Waals surface area contributed by atoms with Crippen LogP contribution in [0, 0.1) is 5.92 Å². The third-order valence-corrected chi connectivity index (χ3v) is 4.88. The summed E-state index contributed by atoms with van der Waals surface area (Å²) < 4.78 is 5.34. The van der Waals surface area contributed by atoms with Crippen LogP contribution >= 0.6 is 0 Å². The first-order chi connectivity index (χ1) is 12.1. The maximum atomic E-state index is 12.2. The van der Waals surface area contributed by atoms with Gasteiger partial charge in [-0.1, -0.05) is 18.2 Å². The van der Waals surface area contributed by atoms with Crippen LogP contribution in [0.5, 0.6) is 0 Å². The lowest BCUT2D eigenvalue weighted by atomic mass is 9.89. The predicted molar refractivity (Wildman–Crippen MR) is 96.4 cm³/mol. The van der Waals surface area contributed by atoms with Crippen LogP contribution in [0.1, 0.15) is 25.3 Å². The molecule has 1 fully saturated rings. The normalized spacial score (nSPS) is 22.0. The number of morpholine rings is 1. The van der Waals surface area contributed by atoms with Gasteiger partial charge in [0.25, 0.3) is 0 Å². The molecule has 2 aliphatic rings. The van der Waals surface area contributed by atoms with E-state index in [9.17, 15) is 9.59 Å². The number of benzene rings is 1. The minimum Gasteiger partial charge on any atom is -0.379 e. The highest BCUT2D eigenvalue weighted by Gasteiger charge is 2.26. The molecule has 2 atom stereocenters. The summed E-state index contributed by atoms with van der Waals surface area (Å²) in [7, 11) is 0. The molecule has 136 valence electrons. The number of carbonyl (C=O) groups excluding carboxylic acids is 2. The average molecular weight is 345 g/mol. The largest absolute Gasteiger partial charge is 0.379 e. The third kappa shape index (κ3) is 5.03. The number of nitrogens with zero attached hydrogens (tertiary/aromatic N) is 1. The number of nitrogens with one attached hydrogen (secondary N) is 2. The van der Waals surface area contributed by atoms with Gasteiger partial charge in [0.15, 0.2) is 0 Å². The van der Waals surface area contributed by atoms with Crippen LogP contribution in [0.4, 0.5) is 5.69 Å². The fourth-order valence-electron chi connectivity index (χ4n) is 3.52. The Balaban J connectivity index is 1.42. The van der Waals surface area contributed by atoms with Gasteiger partial charge in [0, 0.05) is 43.7 Å². The molecule has 6 heteroatoms. The van der Waals surface area contributed by atoms with Crippen LogP contribution in [0.25, 0.3) is 0 Å². The molecule has 2 N–H and O–H groups in total. The summed E-state index contributed by atoms with van der Waals surface area (Å²) in [6.07, 6.45) is 1.67. The van der Waals surface area contributed by atoms with Crippen molar-refractivity contribution in [2.75, 3.05) is 38.2 Å². The van der Waals surface area contributed by atoms with Gasteiger partial charge >= 0.3 is 0 Å². The van der Waals surface area contributed by atoms with E-state index in [4.69, 9.17) is 4.74 Å². The Labute approximate surface area is 148 Å². The van der Waals surface area contributed by atoms with E-state index in [-0.39, 0.29) is 23.8 Å². The van der Waals surface area contributed by atoms with E-state index < -0.39 is 0 Å². The standard InChI is InChI=1S/C19H27N3O3/c1-14(13-22-8-10-25-11-9-22)20-18(23)7-6-16-12-15-4-2-3-5-17(15)21-19(16)24/h2-5,14,16H,6-13H2,1H3,(H,20,23)(H,21,24)/t14-,16-/m0/s1. The molecule has 2 aliphatic heterocycles. The van der Waals surface area contributed by atoms with Gasteiger partial charge in [0.2, 0.25) is 11.8 Å². The van der Waals surface area contributed by atoms with E-state index in [0.29, 0.717) is 19.3 Å². The molecule has 6 nitrogen and oxygen atoms in total. The molecule has 1 aromatic carbocycles. The van der Waals surface area contributed by atoms with Crippen molar-refractivity contribution in [2.45, 2.75) is 32.2 Å². The molecular weight excluding hydrogens is 318 g/mol. The van der Waals surface area contributed by atoms with Crippen LogP contribution in [-0.2, 0) is 20.7 Å². The van der Waals surface area contributed by atoms with Crippen LogP contribution in [-0.4, -0.2) is 55.6 Å². The number of amides is 2. The highest BCUT2D eigenvalue weighted by molar-refractivity contribution is 5.96. The average Bonchev–Trinajstić information content (AvgIpc) is 2.60. The van der Waals surface area contributed by atoms with Crippen LogP contribution in [0.3, 0.4) is 0 Å². The highest BCUT2D eigenvalue weighted by atomic mass is 16.5. The number of rotatable bonds is 6. The zero-order chi connectivity index (χ0) is 17.6. The second-order valence-corrected chi connectivity index (χ2v) is 6.97. The lowest BCUT2D eigenvalue weighted by molar-refractivity contribution is -0.123. The molecule has 2 amide bonds. The molecule has 0 spiro atoms. The maximum absolute atomic E-state index is 12.2. The number of ether oxygens (including phenoxy) is 1. The van der Waals surface area contributed by atoms with E-state index in [0.717, 1.165) is 44.1 Å². The van der Waals surface area contributed by atoms with Crippen LogP contribution in [0.2, 0.25) is 0 Å². The second-order valence-electron chi connectivity index (χ2n) is 6.97. The number of hydrogen-bond acceptors (Lipinski definition) is 4. The number of para-hydroxylation sites is 1. The molecule has 3 rings (SSSR count). The summed E-state index contributed by atoms with van der Waals surface area (Å²) in [6, 6.07) is 7.96. The predicted octanol–water partition coefficient (Wildman–Crippen LogP) is 1.41. The number of carbonyl (C=O) groups is 2. The van der Waals surface area contributed by atoms with Gasteiger partial charge in [0.05, 0.1) is 13.2 Å². The Kier molecular flexibility index (Phi) is 6.04. The van der Waals surface area contributed by atoms with E-state index in [2.05, 4.69) is 15.5 Å². The summed E-state index contributed by atoms with van der Waals surface area (Å²) in [5.41, 5.74) is 2.04. The lowest BCUT2D eigenvalue weighted by Crippen LogP contribution is -2.46. The first kappa shape index (κ1) is 17.9. The van der Waals surface area contributed by atoms with Gasteiger partial charge in [-0.15, -0.1) is 0 Å². The summed E-state index contributed by atoms with van der Waals surface area (Å²) in [4.78, 5) is 26.7. The van der Waals surface area contributed by atoms with Gasteiger partial charge in [-0.3, -0.25) is 14.5 Å². The molecular formula is C19H27N3O3. The summed E-state index contributed by atoms with van der Waals surface area (Å²) in [5.74, 6) is -0.0875. The third-order valence-electron chi connectivity index (χ3n) is 4.88. The molecule has 0 saturated carbocycles. The molecule has 1 aromatic rings. The van der Waals surface area contributed by atoms with Gasteiger partial charge in [-0.2, -0.15) is 0 Å². The quantitative estimate of drug-likeness (QED) is 0.818. The molecule has 0 aromatic heterocycles. The SMILES string of the molecule is C[C@@H](CN1CCOCC1)NC(=O)CC[C@H]1Cc2ccccc2NC1=O. The van der Waals surface area contributed by atoms with E-state index in [1.54, 1.807) is 0 Å². The van der Waals surface area contributed by atoms with Crippen molar-refractivity contribution in [3.63, 3.8) is 0 Å². The summed E-state index contributed by atoms with van der Waals surface area (Å²) >= 11 is 0. The van der Waals surface area contributed by atoms with Crippen LogP contribution < -0.4 is 10.6 Å². The zero-order valence-corrected chi connectivity index (χ0v) is 14.8. The topological polar surface area (TPSA) is 70.7 Å². The summed E-state index contributed by atoms with van der Waals surface area (Å²) in [5, 5.41) is 5.99. The Morgan fingerprint density at radius 2 is 2.12 bits per heavy atom. The zero-order valence-electron chi connectivity index (χ0n) is 14.8. The number of fused-ring (bicyclic) bond motifs is 1. The van der Waals surface area contributed by atoms with Crippen molar-refractivity contribution in [3.8, 4) is 0 Å². The first-order valence-electron chi connectivity index (χ1n) is 9.10. The summed E-state index contributed by atoms with van der Waals surface area (Å²) in [6.45, 7) is 6.23. The van der Waals surface area contributed by atoms with Crippen molar-refractivity contribution in [1.29, 1.82) is 0 Å². The van der Waals surface area contributed by atoms with Gasteiger partial charge in [-0.25, -0.2) is 0 Å². The lowest BCUT2D eigenvalue weighted by Gasteiger charge is -2.29.